The molecule has 0 saturated carbocycles. The van der Waals surface area contributed by atoms with E-state index in [2.05, 4.69) is 50.1 Å². The van der Waals surface area contributed by atoms with Crippen LogP contribution in [0.4, 0.5) is 5.69 Å². The first-order valence-corrected chi connectivity index (χ1v) is 11.0. The predicted molar refractivity (Wildman–Crippen MR) is 91.3 cm³/mol. The van der Waals surface area contributed by atoms with E-state index in [1.54, 1.807) is 11.3 Å². The van der Waals surface area contributed by atoms with Gasteiger partial charge < -0.3 is 4.43 Å². The van der Waals surface area contributed by atoms with Crippen molar-refractivity contribution in [2.24, 2.45) is 4.99 Å². The first kappa shape index (κ1) is 15.0. The summed E-state index contributed by atoms with van der Waals surface area (Å²) in [5.41, 5.74) is 3.11. The number of hydrogen-bond acceptors (Lipinski definition) is 3. The first-order chi connectivity index (χ1) is 9.37. The summed E-state index contributed by atoms with van der Waals surface area (Å²) < 4.78 is 6.22. The van der Waals surface area contributed by atoms with Crippen LogP contribution in [-0.4, -0.2) is 14.0 Å². The van der Waals surface area contributed by atoms with Gasteiger partial charge in [0, 0.05) is 4.88 Å². The Morgan fingerprint density at radius 2 is 1.90 bits per heavy atom. The highest BCUT2D eigenvalue weighted by molar-refractivity contribution is 7.12. The third-order valence-corrected chi connectivity index (χ3v) is 4.56. The number of para-hydroxylation sites is 1. The van der Waals surface area contributed by atoms with Gasteiger partial charge in [-0.05, 0) is 56.6 Å². The topological polar surface area (TPSA) is 21.6 Å². The molecule has 0 fully saturated rings. The molecule has 0 aliphatic carbocycles. The lowest BCUT2D eigenvalue weighted by atomic mass is 10.2. The average Bonchev–Trinajstić information content (AvgIpc) is 2.86. The molecule has 1 heterocycles. The second-order valence-electron chi connectivity index (χ2n) is 5.81. The normalized spacial score (nSPS) is 12.6. The van der Waals surface area contributed by atoms with Crippen LogP contribution in [-0.2, 0) is 0 Å². The highest BCUT2D eigenvalue weighted by atomic mass is 32.1. The smallest absolute Gasteiger partial charge is 0.242 e. The SMILES string of the molecule is CC(=Nc1cccc(C)c1O[Si](C)(C)C)c1cccs1. The third kappa shape index (κ3) is 3.80. The van der Waals surface area contributed by atoms with Gasteiger partial charge in [-0.25, -0.2) is 4.99 Å². The Morgan fingerprint density at radius 1 is 1.15 bits per heavy atom. The highest BCUT2D eigenvalue weighted by Crippen LogP contribution is 2.33. The Morgan fingerprint density at radius 3 is 2.50 bits per heavy atom. The van der Waals surface area contributed by atoms with Crippen LogP contribution in [0, 0.1) is 6.92 Å². The summed E-state index contributed by atoms with van der Waals surface area (Å²) in [6.07, 6.45) is 0. The van der Waals surface area contributed by atoms with E-state index in [1.807, 2.05) is 19.1 Å². The molecule has 106 valence electrons. The van der Waals surface area contributed by atoms with Gasteiger partial charge in [0.05, 0.1) is 5.71 Å². The van der Waals surface area contributed by atoms with Gasteiger partial charge in [0.25, 0.3) is 0 Å². The average molecular weight is 304 g/mol. The molecule has 0 unspecified atom stereocenters. The van der Waals surface area contributed by atoms with Gasteiger partial charge in [0.15, 0.2) is 0 Å². The Bertz CT molecular complexity index is 612. The van der Waals surface area contributed by atoms with Gasteiger partial charge in [-0.15, -0.1) is 11.3 Å². The number of hydrogen-bond donors (Lipinski definition) is 0. The standard InChI is InChI=1S/C16H21NOSSi/c1-12-8-6-9-14(16(12)18-20(3,4)5)17-13(2)15-10-7-11-19-15/h6-11H,1-5H3. The molecule has 1 aromatic carbocycles. The number of rotatable bonds is 4. The highest BCUT2D eigenvalue weighted by Gasteiger charge is 2.19. The number of aliphatic imine (C=N–C) groups is 1. The molecule has 0 aliphatic heterocycles. The van der Waals surface area contributed by atoms with Crippen LogP contribution < -0.4 is 4.43 Å². The van der Waals surface area contributed by atoms with Crippen LogP contribution in [0.15, 0.2) is 40.7 Å². The zero-order valence-corrected chi connectivity index (χ0v) is 14.5. The van der Waals surface area contributed by atoms with Crippen LogP contribution in [0.3, 0.4) is 0 Å². The molecule has 0 amide bonds. The maximum Gasteiger partial charge on any atom is 0.242 e. The van der Waals surface area contributed by atoms with Gasteiger partial charge in [0.2, 0.25) is 8.32 Å². The second kappa shape index (κ2) is 5.93. The Kier molecular flexibility index (Phi) is 4.45. The lowest BCUT2D eigenvalue weighted by Gasteiger charge is -2.22. The van der Waals surface area contributed by atoms with Crippen molar-refractivity contribution < 1.29 is 4.43 Å². The number of aryl methyl sites for hydroxylation is 1. The molecule has 20 heavy (non-hydrogen) atoms. The molecule has 2 nitrogen and oxygen atoms in total. The van der Waals surface area contributed by atoms with Crippen LogP contribution in [0.25, 0.3) is 0 Å². The van der Waals surface area contributed by atoms with Gasteiger partial charge in [-0.2, -0.15) is 0 Å². The fourth-order valence-electron chi connectivity index (χ4n) is 1.88. The van der Waals surface area contributed by atoms with E-state index in [0.717, 1.165) is 22.7 Å². The number of benzene rings is 1. The minimum absolute atomic E-state index is 0.929. The van der Waals surface area contributed by atoms with Crippen molar-refractivity contribution in [2.75, 3.05) is 0 Å². The monoisotopic (exact) mass is 303 g/mol. The fraction of sp³-hybridized carbons (Fsp3) is 0.312. The van der Waals surface area contributed by atoms with Crippen molar-refractivity contribution in [2.45, 2.75) is 33.5 Å². The minimum Gasteiger partial charge on any atom is -0.543 e. The Hall–Kier alpha value is -1.39. The lowest BCUT2D eigenvalue weighted by Crippen LogP contribution is -2.29. The summed E-state index contributed by atoms with van der Waals surface area (Å²) >= 11 is 1.71. The third-order valence-electron chi connectivity index (χ3n) is 2.77. The molecular weight excluding hydrogens is 282 g/mol. The van der Waals surface area contributed by atoms with E-state index in [1.165, 1.54) is 4.88 Å². The molecule has 1 aromatic heterocycles. The van der Waals surface area contributed by atoms with Crippen molar-refractivity contribution in [3.05, 3.63) is 46.2 Å². The van der Waals surface area contributed by atoms with Gasteiger partial charge in [-0.3, -0.25) is 0 Å². The zero-order valence-electron chi connectivity index (χ0n) is 12.7. The van der Waals surface area contributed by atoms with Crippen LogP contribution >= 0.6 is 11.3 Å². The van der Waals surface area contributed by atoms with E-state index >= 15 is 0 Å². The molecule has 2 rings (SSSR count). The van der Waals surface area contributed by atoms with Gasteiger partial charge in [0.1, 0.15) is 11.4 Å². The molecule has 0 saturated heterocycles. The van der Waals surface area contributed by atoms with Crippen LogP contribution in [0.5, 0.6) is 5.75 Å². The van der Waals surface area contributed by atoms with Crippen molar-refractivity contribution in [3.8, 4) is 5.75 Å². The zero-order chi connectivity index (χ0) is 14.8. The summed E-state index contributed by atoms with van der Waals surface area (Å²) in [6.45, 7) is 10.7. The molecule has 4 heteroatoms. The van der Waals surface area contributed by atoms with E-state index in [0.29, 0.717) is 0 Å². The fourth-order valence-corrected chi connectivity index (χ4v) is 3.44. The Balaban J connectivity index is 2.42. The maximum atomic E-state index is 6.22. The molecule has 0 N–H and O–H groups in total. The first-order valence-electron chi connectivity index (χ1n) is 6.74. The van der Waals surface area contributed by atoms with Gasteiger partial charge >= 0.3 is 0 Å². The van der Waals surface area contributed by atoms with Crippen molar-refractivity contribution in [3.63, 3.8) is 0 Å². The minimum atomic E-state index is -1.64. The van der Waals surface area contributed by atoms with E-state index in [-0.39, 0.29) is 0 Å². The molecular formula is C16H21NOSSi. The summed E-state index contributed by atoms with van der Waals surface area (Å²) in [6, 6.07) is 10.3. The van der Waals surface area contributed by atoms with Crippen LogP contribution in [0.2, 0.25) is 19.6 Å². The van der Waals surface area contributed by atoms with Crippen molar-refractivity contribution in [1.29, 1.82) is 0 Å². The molecule has 2 aromatic rings. The molecule has 0 aliphatic rings. The summed E-state index contributed by atoms with van der Waals surface area (Å²) in [4.78, 5) is 5.97. The van der Waals surface area contributed by atoms with E-state index in [9.17, 15) is 0 Å². The molecule has 0 bridgehead atoms. The summed E-state index contributed by atoms with van der Waals surface area (Å²) in [7, 11) is -1.64. The van der Waals surface area contributed by atoms with E-state index < -0.39 is 8.32 Å². The summed E-state index contributed by atoms with van der Waals surface area (Å²) in [5.74, 6) is 0.933. The second-order valence-corrected chi connectivity index (χ2v) is 11.2. The maximum absolute atomic E-state index is 6.22. The van der Waals surface area contributed by atoms with Crippen molar-refractivity contribution in [1.82, 2.24) is 0 Å². The van der Waals surface area contributed by atoms with Crippen molar-refractivity contribution >= 4 is 31.1 Å². The molecule has 0 spiro atoms. The quantitative estimate of drug-likeness (QED) is 0.546. The molecule has 0 atom stereocenters. The lowest BCUT2D eigenvalue weighted by molar-refractivity contribution is 0.554. The van der Waals surface area contributed by atoms with Gasteiger partial charge in [-0.1, -0.05) is 18.2 Å². The Labute approximate surface area is 126 Å². The largest absolute Gasteiger partial charge is 0.543 e. The summed E-state index contributed by atoms with van der Waals surface area (Å²) in [5, 5.41) is 2.07. The van der Waals surface area contributed by atoms with E-state index in [4.69, 9.17) is 9.42 Å². The number of nitrogens with zero attached hydrogens (tertiary/aromatic N) is 1. The number of thiophene rings is 1. The molecule has 0 radical (unpaired) electrons. The predicted octanol–water partition coefficient (Wildman–Crippen LogP) is 5.41. The van der Waals surface area contributed by atoms with Crippen LogP contribution in [0.1, 0.15) is 17.4 Å².